The van der Waals surface area contributed by atoms with Gasteiger partial charge in [0, 0.05) is 23.6 Å². The molecule has 9 heteroatoms. The molecule has 2 aromatic heterocycles. The Kier molecular flexibility index (Phi) is 4.07. The predicted octanol–water partition coefficient (Wildman–Crippen LogP) is 2.61. The molecule has 0 spiro atoms. The largest absolute Gasteiger partial charge is 0.453 e. The normalized spacial score (nSPS) is 13.7. The molecule has 0 aromatic carbocycles. The Morgan fingerprint density at radius 3 is 2.70 bits per heavy atom. The third-order valence-electron chi connectivity index (χ3n) is 2.50. The molecule has 0 aliphatic carbocycles. The maximum atomic E-state index is 12.7. The second kappa shape index (κ2) is 5.47. The quantitative estimate of drug-likeness (QED) is 0.941. The predicted molar refractivity (Wildman–Crippen MR) is 72.0 cm³/mol. The number of alkyl halides is 3. The Hall–Kier alpha value is -1.51. The first-order valence-electron chi connectivity index (χ1n) is 5.88. The third-order valence-corrected chi connectivity index (χ3v) is 3.34. The lowest BCUT2D eigenvalue weighted by atomic mass is 10.3. The van der Waals surface area contributed by atoms with E-state index >= 15 is 0 Å². The van der Waals surface area contributed by atoms with Gasteiger partial charge in [-0.2, -0.15) is 34.4 Å². The minimum Gasteiger partial charge on any atom is -0.367 e. The maximum Gasteiger partial charge on any atom is 0.453 e. The Bertz CT molecular complexity index is 610. The van der Waals surface area contributed by atoms with Crippen molar-refractivity contribution >= 4 is 23.4 Å². The molecule has 0 saturated heterocycles. The van der Waals surface area contributed by atoms with E-state index in [1.807, 2.05) is 13.2 Å². The summed E-state index contributed by atoms with van der Waals surface area (Å²) in [6, 6.07) is 1.74. The first-order valence-corrected chi connectivity index (χ1v) is 7.27. The van der Waals surface area contributed by atoms with E-state index in [-0.39, 0.29) is 11.8 Å². The number of fused-ring (bicyclic) bond motifs is 1. The van der Waals surface area contributed by atoms with Gasteiger partial charge in [-0.15, -0.1) is 5.10 Å². The molecule has 2 rings (SSSR count). The van der Waals surface area contributed by atoms with Crippen molar-refractivity contribution in [3.05, 3.63) is 17.6 Å². The lowest BCUT2D eigenvalue weighted by molar-refractivity contribution is -0.144. The van der Waals surface area contributed by atoms with Crippen LogP contribution in [-0.2, 0) is 6.18 Å². The lowest BCUT2D eigenvalue weighted by Gasteiger charge is -2.14. The van der Waals surface area contributed by atoms with E-state index in [1.165, 1.54) is 0 Å². The first-order chi connectivity index (χ1) is 9.31. The SMILES string of the molecule is CSCC(C)Nc1cc(C)nc2nc(C(F)(F)F)nn12. The number of hydrogen-bond donors (Lipinski definition) is 1. The number of nitrogens with one attached hydrogen (secondary N) is 1. The van der Waals surface area contributed by atoms with Gasteiger partial charge in [0.2, 0.25) is 0 Å². The standard InChI is InChI=1S/C11H14F3N5S/c1-6-4-8(15-7(2)5-20-3)19-10(16-6)17-9(18-19)11(12,13)14/h4,7,15H,5H2,1-3H3. The number of anilines is 1. The Labute approximate surface area is 118 Å². The summed E-state index contributed by atoms with van der Waals surface area (Å²) in [5.74, 6) is 0.0355. The van der Waals surface area contributed by atoms with E-state index in [0.29, 0.717) is 11.5 Å². The number of halogens is 3. The number of aryl methyl sites for hydroxylation is 1. The smallest absolute Gasteiger partial charge is 0.367 e. The Morgan fingerprint density at radius 2 is 2.10 bits per heavy atom. The van der Waals surface area contributed by atoms with Gasteiger partial charge in [-0.05, 0) is 20.1 Å². The zero-order chi connectivity index (χ0) is 14.9. The topological polar surface area (TPSA) is 55.1 Å². The van der Waals surface area contributed by atoms with Crippen molar-refractivity contribution < 1.29 is 13.2 Å². The van der Waals surface area contributed by atoms with E-state index in [4.69, 9.17) is 0 Å². The number of rotatable bonds is 4. The molecular weight excluding hydrogens is 291 g/mol. The van der Waals surface area contributed by atoms with Crippen LogP contribution in [-0.4, -0.2) is 37.6 Å². The second-order valence-corrected chi connectivity index (χ2v) is 5.34. The average molecular weight is 305 g/mol. The summed E-state index contributed by atoms with van der Waals surface area (Å²) in [6.07, 6.45) is -2.62. The Morgan fingerprint density at radius 1 is 1.40 bits per heavy atom. The molecule has 110 valence electrons. The number of aromatic nitrogens is 4. The van der Waals surface area contributed by atoms with Crippen molar-refractivity contribution in [2.75, 3.05) is 17.3 Å². The van der Waals surface area contributed by atoms with E-state index in [0.717, 1.165) is 10.3 Å². The van der Waals surface area contributed by atoms with Crippen LogP contribution in [0.5, 0.6) is 0 Å². The van der Waals surface area contributed by atoms with Gasteiger partial charge in [-0.25, -0.2) is 4.98 Å². The molecule has 5 nitrogen and oxygen atoms in total. The highest BCUT2D eigenvalue weighted by Crippen LogP contribution is 2.27. The third kappa shape index (κ3) is 3.14. The van der Waals surface area contributed by atoms with Gasteiger partial charge < -0.3 is 5.32 Å². The summed E-state index contributed by atoms with van der Waals surface area (Å²) >= 11 is 1.64. The van der Waals surface area contributed by atoms with E-state index < -0.39 is 12.0 Å². The van der Waals surface area contributed by atoms with E-state index in [9.17, 15) is 13.2 Å². The fraction of sp³-hybridized carbons (Fsp3) is 0.545. The van der Waals surface area contributed by atoms with Gasteiger partial charge in [0.25, 0.3) is 11.6 Å². The molecule has 1 atom stereocenters. The molecule has 0 aliphatic heterocycles. The minimum absolute atomic E-state index is 0.0591. The van der Waals surface area contributed by atoms with Gasteiger partial charge in [0.05, 0.1) is 0 Å². The summed E-state index contributed by atoms with van der Waals surface area (Å²) in [4.78, 5) is 7.40. The number of nitrogens with zero attached hydrogens (tertiary/aromatic N) is 4. The van der Waals surface area contributed by atoms with Crippen molar-refractivity contribution in [2.24, 2.45) is 0 Å². The minimum atomic E-state index is -4.58. The van der Waals surface area contributed by atoms with Crippen molar-refractivity contribution in [1.29, 1.82) is 0 Å². The molecule has 0 fully saturated rings. The van der Waals surface area contributed by atoms with Crippen molar-refractivity contribution in [2.45, 2.75) is 26.1 Å². The van der Waals surface area contributed by atoms with Crippen LogP contribution in [0.4, 0.5) is 19.0 Å². The highest BCUT2D eigenvalue weighted by atomic mass is 32.2. The van der Waals surface area contributed by atoms with Crippen LogP contribution >= 0.6 is 11.8 Å². The monoisotopic (exact) mass is 305 g/mol. The molecule has 1 unspecified atom stereocenters. The van der Waals surface area contributed by atoms with Crippen molar-refractivity contribution in [1.82, 2.24) is 19.6 Å². The molecule has 2 heterocycles. The van der Waals surface area contributed by atoms with Crippen LogP contribution in [0.1, 0.15) is 18.4 Å². The first kappa shape index (κ1) is 14.9. The molecule has 0 aliphatic rings. The fourth-order valence-corrected chi connectivity index (χ4v) is 2.34. The molecule has 1 N–H and O–H groups in total. The van der Waals surface area contributed by atoms with Crippen LogP contribution in [0, 0.1) is 6.92 Å². The van der Waals surface area contributed by atoms with Crippen LogP contribution in [0.25, 0.3) is 5.78 Å². The van der Waals surface area contributed by atoms with E-state index in [1.54, 1.807) is 24.8 Å². The van der Waals surface area contributed by atoms with Gasteiger partial charge in [-0.3, -0.25) is 0 Å². The van der Waals surface area contributed by atoms with Gasteiger partial charge >= 0.3 is 6.18 Å². The molecular formula is C11H14F3N5S. The summed E-state index contributed by atoms with van der Waals surface area (Å²) in [6.45, 7) is 3.64. The fourth-order valence-electron chi connectivity index (χ4n) is 1.75. The van der Waals surface area contributed by atoms with E-state index in [2.05, 4.69) is 20.4 Å². The van der Waals surface area contributed by atoms with Gasteiger partial charge in [0.1, 0.15) is 5.82 Å². The molecule has 0 radical (unpaired) electrons. The average Bonchev–Trinajstić information content (AvgIpc) is 2.72. The molecule has 20 heavy (non-hydrogen) atoms. The molecule has 0 bridgehead atoms. The summed E-state index contributed by atoms with van der Waals surface area (Å²) in [7, 11) is 0. The number of thioether (sulfide) groups is 1. The summed E-state index contributed by atoms with van der Waals surface area (Å²) in [5, 5.41) is 6.61. The lowest BCUT2D eigenvalue weighted by Crippen LogP contribution is -2.20. The van der Waals surface area contributed by atoms with Gasteiger partial charge in [-0.1, -0.05) is 0 Å². The van der Waals surface area contributed by atoms with Crippen LogP contribution in [0.3, 0.4) is 0 Å². The summed E-state index contributed by atoms with van der Waals surface area (Å²) in [5.41, 5.74) is 0.581. The molecule has 0 amide bonds. The molecule has 2 aromatic rings. The zero-order valence-corrected chi connectivity index (χ0v) is 12.0. The zero-order valence-electron chi connectivity index (χ0n) is 11.2. The van der Waals surface area contributed by atoms with Crippen LogP contribution in [0.15, 0.2) is 6.07 Å². The highest BCUT2D eigenvalue weighted by molar-refractivity contribution is 7.98. The molecule has 0 saturated carbocycles. The summed E-state index contributed by atoms with van der Waals surface area (Å²) < 4.78 is 39.0. The Balaban J connectivity index is 2.45. The van der Waals surface area contributed by atoms with Crippen LogP contribution in [0.2, 0.25) is 0 Å². The van der Waals surface area contributed by atoms with Crippen molar-refractivity contribution in [3.8, 4) is 0 Å². The highest BCUT2D eigenvalue weighted by Gasteiger charge is 2.36. The van der Waals surface area contributed by atoms with Gasteiger partial charge in [0.15, 0.2) is 0 Å². The second-order valence-electron chi connectivity index (χ2n) is 4.43. The van der Waals surface area contributed by atoms with Crippen LogP contribution < -0.4 is 5.32 Å². The number of hydrogen-bond acceptors (Lipinski definition) is 5. The maximum absolute atomic E-state index is 12.7. The van der Waals surface area contributed by atoms with Crippen molar-refractivity contribution in [3.63, 3.8) is 0 Å².